The van der Waals surface area contributed by atoms with E-state index in [2.05, 4.69) is 44.7 Å². The minimum Gasteiger partial charge on any atom is -0.326 e. The maximum Gasteiger partial charge on any atom is 0.314 e. The third-order valence-electron chi connectivity index (χ3n) is 1.07. The van der Waals surface area contributed by atoms with Crippen molar-refractivity contribution in [1.82, 2.24) is 15.2 Å². The van der Waals surface area contributed by atoms with Gasteiger partial charge in [0.25, 0.3) is 0 Å². The normalized spacial score (nSPS) is 12.1. The lowest BCUT2D eigenvalue weighted by Crippen LogP contribution is -1.89. The molecule has 1 rings (SSSR count). The molecule has 1 unspecified atom stereocenters. The summed E-state index contributed by atoms with van der Waals surface area (Å²) in [5.41, 5.74) is 0. The van der Waals surface area contributed by atoms with E-state index < -0.39 is 8.25 Å². The quantitative estimate of drug-likeness (QED) is 0.430. The number of nitrogens with one attached hydrogen (secondary N) is 1. The summed E-state index contributed by atoms with van der Waals surface area (Å²) in [6.07, 6.45) is 2.69. The topological polar surface area (TPSA) is 99.1 Å². The molecule has 1 aromatic rings. The molecule has 0 aromatic carbocycles. The molecule has 8 heteroatoms. The van der Waals surface area contributed by atoms with Crippen molar-refractivity contribution in [2.75, 3.05) is 0 Å². The molecule has 76 valence electrons. The predicted octanol–water partition coefficient (Wildman–Crippen LogP) is 1.05. The highest BCUT2D eigenvalue weighted by Crippen LogP contribution is 2.21. The van der Waals surface area contributed by atoms with Crippen LogP contribution in [-0.4, -0.2) is 25.0 Å². The van der Waals surface area contributed by atoms with Crippen LogP contribution in [0.3, 0.4) is 0 Å². The molecule has 1 atom stereocenters. The highest BCUT2D eigenvalue weighted by molar-refractivity contribution is 14.1. The fourth-order valence-corrected chi connectivity index (χ4v) is 0.852. The Bertz CT molecular complexity index is 239. The van der Waals surface area contributed by atoms with Gasteiger partial charge in [0.05, 0.1) is 3.92 Å². The number of aromatic nitrogens is 3. The molecule has 0 fully saturated rings. The second kappa shape index (κ2) is 7.43. The Morgan fingerprint density at radius 3 is 2.62 bits per heavy atom. The molecule has 0 amide bonds. The SMILES string of the molecule is CCC(I)c1nc[nH]n1.O=[PH](O)O. The first-order chi connectivity index (χ1) is 6.07. The van der Waals surface area contributed by atoms with Gasteiger partial charge in [-0.05, 0) is 6.42 Å². The van der Waals surface area contributed by atoms with Crippen molar-refractivity contribution in [2.45, 2.75) is 17.3 Å². The second-order valence-electron chi connectivity index (χ2n) is 2.02. The Balaban J connectivity index is 0.000000310. The summed E-state index contributed by atoms with van der Waals surface area (Å²) in [5, 5.41) is 6.62. The number of H-pyrrole nitrogens is 1. The van der Waals surface area contributed by atoms with E-state index in [1.54, 1.807) is 6.33 Å². The van der Waals surface area contributed by atoms with Crippen LogP contribution in [0.5, 0.6) is 0 Å². The Kier molecular flexibility index (Phi) is 7.44. The van der Waals surface area contributed by atoms with Gasteiger partial charge in [-0.1, -0.05) is 29.5 Å². The molecule has 0 spiro atoms. The number of rotatable bonds is 2. The third-order valence-corrected chi connectivity index (χ3v) is 2.51. The zero-order valence-corrected chi connectivity index (χ0v) is 10.1. The van der Waals surface area contributed by atoms with Crippen LogP contribution < -0.4 is 0 Å². The summed E-state index contributed by atoms with van der Waals surface area (Å²) < 4.78 is 9.19. The number of hydrogen-bond donors (Lipinski definition) is 3. The van der Waals surface area contributed by atoms with Gasteiger partial charge in [0, 0.05) is 0 Å². The Morgan fingerprint density at radius 2 is 2.31 bits per heavy atom. The van der Waals surface area contributed by atoms with Crippen molar-refractivity contribution in [2.24, 2.45) is 0 Å². The van der Waals surface area contributed by atoms with Crippen LogP contribution in [0, 0.1) is 0 Å². The fraction of sp³-hybridized carbons (Fsp3) is 0.600. The molecule has 3 N–H and O–H groups in total. The molecular weight excluding hydrogens is 308 g/mol. The maximum absolute atomic E-state index is 8.74. The summed E-state index contributed by atoms with van der Waals surface area (Å²) in [6, 6.07) is 0. The first-order valence-corrected chi connectivity index (χ1v) is 6.04. The minimum atomic E-state index is -3.13. The van der Waals surface area contributed by atoms with Crippen molar-refractivity contribution in [3.63, 3.8) is 0 Å². The maximum atomic E-state index is 8.74. The molecule has 0 aliphatic heterocycles. The average Bonchev–Trinajstić information content (AvgIpc) is 2.54. The number of hydrogen-bond acceptors (Lipinski definition) is 3. The van der Waals surface area contributed by atoms with Gasteiger partial charge in [0.15, 0.2) is 5.82 Å². The summed E-state index contributed by atoms with van der Waals surface area (Å²) in [7, 11) is -3.13. The number of alkyl halides is 1. The molecule has 0 aliphatic rings. The zero-order chi connectivity index (χ0) is 10.3. The van der Waals surface area contributed by atoms with E-state index in [9.17, 15) is 0 Å². The van der Waals surface area contributed by atoms with Crippen LogP contribution in [0.25, 0.3) is 0 Å². The largest absolute Gasteiger partial charge is 0.326 e. The molecule has 1 heterocycles. The Morgan fingerprint density at radius 1 is 1.77 bits per heavy atom. The van der Waals surface area contributed by atoms with E-state index in [1.165, 1.54) is 0 Å². The van der Waals surface area contributed by atoms with Crippen molar-refractivity contribution in [3.05, 3.63) is 12.2 Å². The van der Waals surface area contributed by atoms with E-state index in [1.807, 2.05) is 0 Å². The van der Waals surface area contributed by atoms with Crippen LogP contribution in [0.15, 0.2) is 6.33 Å². The van der Waals surface area contributed by atoms with Crippen molar-refractivity contribution in [3.8, 4) is 0 Å². The molecular formula is C5H11IN3O3P. The number of aromatic amines is 1. The monoisotopic (exact) mass is 319 g/mol. The zero-order valence-electron chi connectivity index (χ0n) is 6.94. The summed E-state index contributed by atoms with van der Waals surface area (Å²) in [5.74, 6) is 0.901. The van der Waals surface area contributed by atoms with Crippen molar-refractivity contribution in [1.29, 1.82) is 0 Å². The highest BCUT2D eigenvalue weighted by Gasteiger charge is 2.06. The van der Waals surface area contributed by atoms with E-state index in [0.29, 0.717) is 3.92 Å². The molecule has 0 bridgehead atoms. The Labute approximate surface area is 89.9 Å². The minimum absolute atomic E-state index is 0.453. The smallest absolute Gasteiger partial charge is 0.314 e. The van der Waals surface area contributed by atoms with Crippen LogP contribution in [0.1, 0.15) is 23.1 Å². The van der Waals surface area contributed by atoms with Gasteiger partial charge in [-0.3, -0.25) is 9.66 Å². The fourth-order valence-electron chi connectivity index (χ4n) is 0.552. The van der Waals surface area contributed by atoms with Gasteiger partial charge in [-0.25, -0.2) is 4.98 Å². The van der Waals surface area contributed by atoms with Crippen LogP contribution >= 0.6 is 30.8 Å². The molecule has 0 radical (unpaired) electrons. The number of nitrogens with zero attached hydrogens (tertiary/aromatic N) is 2. The molecule has 0 saturated heterocycles. The van der Waals surface area contributed by atoms with E-state index >= 15 is 0 Å². The van der Waals surface area contributed by atoms with Crippen LogP contribution in [0.2, 0.25) is 0 Å². The summed E-state index contributed by atoms with van der Waals surface area (Å²) >= 11 is 2.32. The predicted molar refractivity (Wildman–Crippen MR) is 56.9 cm³/mol. The average molecular weight is 319 g/mol. The summed E-state index contributed by atoms with van der Waals surface area (Å²) in [4.78, 5) is 18.3. The van der Waals surface area contributed by atoms with Gasteiger partial charge in [-0.2, -0.15) is 5.10 Å². The first kappa shape index (κ1) is 13.0. The van der Waals surface area contributed by atoms with Gasteiger partial charge in [-0.15, -0.1) is 0 Å². The van der Waals surface area contributed by atoms with Crippen LogP contribution in [-0.2, 0) is 4.57 Å². The molecule has 1 aromatic heterocycles. The van der Waals surface area contributed by atoms with E-state index in [0.717, 1.165) is 12.2 Å². The molecule has 6 nitrogen and oxygen atoms in total. The van der Waals surface area contributed by atoms with Crippen molar-refractivity contribution >= 4 is 30.8 Å². The Hall–Kier alpha value is 0.0200. The molecule has 13 heavy (non-hydrogen) atoms. The van der Waals surface area contributed by atoms with Gasteiger partial charge in [0.2, 0.25) is 0 Å². The standard InChI is InChI=1S/C5H8IN3.H3O3P/c1-2-4(6)5-7-3-8-9-5;1-4(2)3/h3-4H,2H2,1H3,(H,7,8,9);4H,(H2,1,2,3). The van der Waals surface area contributed by atoms with Crippen molar-refractivity contribution < 1.29 is 14.4 Å². The molecule has 0 aliphatic carbocycles. The summed E-state index contributed by atoms with van der Waals surface area (Å²) in [6.45, 7) is 2.12. The lowest BCUT2D eigenvalue weighted by molar-refractivity contribution is 0.405. The van der Waals surface area contributed by atoms with Gasteiger partial charge < -0.3 is 9.79 Å². The van der Waals surface area contributed by atoms with Gasteiger partial charge in [0.1, 0.15) is 6.33 Å². The van der Waals surface area contributed by atoms with Crippen LogP contribution in [0.4, 0.5) is 0 Å². The molecule has 0 saturated carbocycles. The van der Waals surface area contributed by atoms with Gasteiger partial charge >= 0.3 is 8.25 Å². The second-order valence-corrected chi connectivity index (χ2v) is 4.08. The lowest BCUT2D eigenvalue weighted by Gasteiger charge is -1.96. The van der Waals surface area contributed by atoms with E-state index in [-0.39, 0.29) is 0 Å². The van der Waals surface area contributed by atoms with E-state index in [4.69, 9.17) is 14.4 Å². The highest BCUT2D eigenvalue weighted by atomic mass is 127. The lowest BCUT2D eigenvalue weighted by atomic mass is 10.3. The third kappa shape index (κ3) is 7.12. The first-order valence-electron chi connectivity index (χ1n) is 3.49. The number of halogens is 1.